The number of anilines is 2. The van der Waals surface area contributed by atoms with Crippen LogP contribution in [-0.4, -0.2) is 22.4 Å². The number of aromatic nitrogens is 2. The maximum absolute atomic E-state index is 11.3. The fourth-order valence-corrected chi connectivity index (χ4v) is 1.64. The van der Waals surface area contributed by atoms with Crippen molar-refractivity contribution in [2.24, 2.45) is 11.1 Å². The van der Waals surface area contributed by atoms with Gasteiger partial charge in [-0.1, -0.05) is 0 Å². The molecule has 0 aromatic carbocycles. The van der Waals surface area contributed by atoms with Gasteiger partial charge in [0.1, 0.15) is 17.5 Å². The summed E-state index contributed by atoms with van der Waals surface area (Å²) in [7, 11) is 0. The summed E-state index contributed by atoms with van der Waals surface area (Å²) >= 11 is 0. The van der Waals surface area contributed by atoms with Gasteiger partial charge in [0.25, 0.3) is 0 Å². The van der Waals surface area contributed by atoms with Crippen LogP contribution in [0.2, 0.25) is 0 Å². The molecule has 1 heterocycles. The molecule has 6 heteroatoms. The van der Waals surface area contributed by atoms with E-state index in [2.05, 4.69) is 15.3 Å². The lowest BCUT2D eigenvalue weighted by atomic mass is 9.93. The van der Waals surface area contributed by atoms with Crippen LogP contribution < -0.4 is 16.8 Å². The molecular formula is C13H21N5O. The fraction of sp³-hybridized carbons (Fsp3) is 0.615. The molecule has 2 rings (SSSR count). The van der Waals surface area contributed by atoms with Gasteiger partial charge in [-0.25, -0.2) is 9.97 Å². The molecule has 1 aliphatic rings. The number of primary amides is 1. The molecule has 1 aliphatic carbocycles. The molecule has 0 radical (unpaired) electrons. The summed E-state index contributed by atoms with van der Waals surface area (Å²) in [6, 6.07) is 0. The lowest BCUT2D eigenvalue weighted by Gasteiger charge is -2.22. The summed E-state index contributed by atoms with van der Waals surface area (Å²) in [5.74, 6) is 2.08. The molecule has 0 bridgehead atoms. The molecular weight excluding hydrogens is 242 g/mol. The van der Waals surface area contributed by atoms with Gasteiger partial charge >= 0.3 is 0 Å². The van der Waals surface area contributed by atoms with E-state index in [0.717, 1.165) is 24.2 Å². The van der Waals surface area contributed by atoms with E-state index in [4.69, 9.17) is 11.5 Å². The number of amides is 1. The number of nitrogens with zero attached hydrogens (tertiary/aromatic N) is 2. The standard InChI is InChI=1S/C13H21N5O/c1-7-9(14)17-11(8-4-5-8)18-10(7)16-6-13(2,3)12(15)19/h8H,4-6H2,1-3H3,(H2,15,19)(H3,14,16,17,18). The Kier molecular flexibility index (Phi) is 3.34. The Morgan fingerprint density at radius 3 is 2.58 bits per heavy atom. The van der Waals surface area contributed by atoms with Crippen molar-refractivity contribution in [2.75, 3.05) is 17.6 Å². The Balaban J connectivity index is 2.17. The van der Waals surface area contributed by atoms with E-state index in [-0.39, 0.29) is 5.91 Å². The van der Waals surface area contributed by atoms with Crippen molar-refractivity contribution in [3.63, 3.8) is 0 Å². The predicted octanol–water partition coefficient (Wildman–Crippen LogP) is 1.17. The highest BCUT2D eigenvalue weighted by Gasteiger charge is 2.29. The van der Waals surface area contributed by atoms with Crippen molar-refractivity contribution in [1.82, 2.24) is 9.97 Å². The molecule has 0 aliphatic heterocycles. The van der Waals surface area contributed by atoms with E-state index in [1.54, 1.807) is 13.8 Å². The van der Waals surface area contributed by atoms with Gasteiger partial charge in [0.15, 0.2) is 0 Å². The number of hydrogen-bond donors (Lipinski definition) is 3. The number of nitrogen functional groups attached to an aromatic ring is 1. The smallest absolute Gasteiger partial charge is 0.224 e. The molecule has 0 unspecified atom stereocenters. The molecule has 1 amide bonds. The highest BCUT2D eigenvalue weighted by atomic mass is 16.1. The van der Waals surface area contributed by atoms with Crippen molar-refractivity contribution < 1.29 is 4.79 Å². The van der Waals surface area contributed by atoms with Crippen molar-refractivity contribution in [3.8, 4) is 0 Å². The van der Waals surface area contributed by atoms with Gasteiger partial charge in [-0.3, -0.25) is 4.79 Å². The summed E-state index contributed by atoms with van der Waals surface area (Å²) in [5, 5.41) is 3.17. The third-order valence-electron chi connectivity index (χ3n) is 3.51. The summed E-state index contributed by atoms with van der Waals surface area (Å²) in [6.45, 7) is 5.88. The van der Waals surface area contributed by atoms with Crippen LogP contribution in [-0.2, 0) is 4.79 Å². The first-order chi connectivity index (χ1) is 8.81. The van der Waals surface area contributed by atoms with Gasteiger partial charge < -0.3 is 16.8 Å². The van der Waals surface area contributed by atoms with Crippen molar-refractivity contribution in [2.45, 2.75) is 39.5 Å². The van der Waals surface area contributed by atoms with Gasteiger partial charge in [-0.2, -0.15) is 0 Å². The SMILES string of the molecule is Cc1c(N)nc(C2CC2)nc1NCC(C)(C)C(N)=O. The maximum Gasteiger partial charge on any atom is 0.224 e. The van der Waals surface area contributed by atoms with E-state index < -0.39 is 5.41 Å². The Labute approximate surface area is 113 Å². The van der Waals surface area contributed by atoms with E-state index in [9.17, 15) is 4.79 Å². The number of carbonyl (C=O) groups excluding carboxylic acids is 1. The zero-order valence-electron chi connectivity index (χ0n) is 11.7. The average Bonchev–Trinajstić information content (AvgIpc) is 3.14. The van der Waals surface area contributed by atoms with E-state index >= 15 is 0 Å². The number of nitrogens with two attached hydrogens (primary N) is 2. The monoisotopic (exact) mass is 263 g/mol. The van der Waals surface area contributed by atoms with Gasteiger partial charge in [0.2, 0.25) is 5.91 Å². The third kappa shape index (κ3) is 2.94. The number of rotatable bonds is 5. The second-order valence-electron chi connectivity index (χ2n) is 5.82. The zero-order chi connectivity index (χ0) is 14.2. The topological polar surface area (TPSA) is 107 Å². The van der Waals surface area contributed by atoms with Gasteiger partial charge in [0, 0.05) is 18.0 Å². The van der Waals surface area contributed by atoms with Crippen molar-refractivity contribution in [1.29, 1.82) is 0 Å². The normalized spacial score (nSPS) is 15.3. The molecule has 0 atom stereocenters. The van der Waals surface area contributed by atoms with Crippen LogP contribution >= 0.6 is 0 Å². The molecule has 0 saturated heterocycles. The maximum atomic E-state index is 11.3. The van der Waals surface area contributed by atoms with Crippen LogP contribution in [0, 0.1) is 12.3 Å². The third-order valence-corrected chi connectivity index (χ3v) is 3.51. The Morgan fingerprint density at radius 1 is 1.42 bits per heavy atom. The van der Waals surface area contributed by atoms with Crippen LogP contribution in [0.1, 0.15) is 44.0 Å². The summed E-state index contributed by atoms with van der Waals surface area (Å²) < 4.78 is 0. The van der Waals surface area contributed by atoms with Crippen LogP contribution in [0.15, 0.2) is 0 Å². The highest BCUT2D eigenvalue weighted by molar-refractivity contribution is 5.80. The number of nitrogens with one attached hydrogen (secondary N) is 1. The second-order valence-corrected chi connectivity index (χ2v) is 5.82. The lowest BCUT2D eigenvalue weighted by molar-refractivity contribution is -0.125. The molecule has 1 aromatic heterocycles. The average molecular weight is 263 g/mol. The second kappa shape index (κ2) is 4.68. The Morgan fingerprint density at radius 2 is 2.05 bits per heavy atom. The zero-order valence-corrected chi connectivity index (χ0v) is 11.7. The molecule has 104 valence electrons. The fourth-order valence-electron chi connectivity index (χ4n) is 1.64. The van der Waals surface area contributed by atoms with E-state index in [1.807, 2.05) is 6.92 Å². The predicted molar refractivity (Wildman–Crippen MR) is 74.6 cm³/mol. The first-order valence-corrected chi connectivity index (χ1v) is 6.49. The summed E-state index contributed by atoms with van der Waals surface area (Å²) in [5.41, 5.74) is 11.4. The van der Waals surface area contributed by atoms with Gasteiger partial charge in [0.05, 0.1) is 5.41 Å². The Hall–Kier alpha value is -1.85. The first-order valence-electron chi connectivity index (χ1n) is 6.49. The van der Waals surface area contributed by atoms with E-state index in [0.29, 0.717) is 24.1 Å². The minimum atomic E-state index is -0.633. The minimum Gasteiger partial charge on any atom is -0.383 e. The molecule has 0 spiro atoms. The van der Waals surface area contributed by atoms with Crippen LogP contribution in [0.3, 0.4) is 0 Å². The van der Waals surface area contributed by atoms with Crippen LogP contribution in [0.5, 0.6) is 0 Å². The van der Waals surface area contributed by atoms with Crippen molar-refractivity contribution in [3.05, 3.63) is 11.4 Å². The first kappa shape index (κ1) is 13.6. The number of hydrogen-bond acceptors (Lipinski definition) is 5. The minimum absolute atomic E-state index is 0.345. The van der Waals surface area contributed by atoms with Crippen LogP contribution in [0.25, 0.3) is 0 Å². The lowest BCUT2D eigenvalue weighted by Crippen LogP contribution is -2.37. The molecule has 19 heavy (non-hydrogen) atoms. The number of carbonyl (C=O) groups is 1. The molecule has 5 N–H and O–H groups in total. The Bertz CT molecular complexity index is 508. The highest BCUT2D eigenvalue weighted by Crippen LogP contribution is 2.39. The van der Waals surface area contributed by atoms with Gasteiger partial charge in [-0.15, -0.1) is 0 Å². The van der Waals surface area contributed by atoms with Gasteiger partial charge in [-0.05, 0) is 33.6 Å². The largest absolute Gasteiger partial charge is 0.383 e. The van der Waals surface area contributed by atoms with E-state index in [1.165, 1.54) is 0 Å². The molecule has 1 aromatic rings. The van der Waals surface area contributed by atoms with Crippen molar-refractivity contribution >= 4 is 17.5 Å². The summed E-state index contributed by atoms with van der Waals surface area (Å²) in [6.07, 6.45) is 2.24. The quantitative estimate of drug-likeness (QED) is 0.739. The molecule has 1 fully saturated rings. The van der Waals surface area contributed by atoms with Crippen LogP contribution in [0.4, 0.5) is 11.6 Å². The molecule has 1 saturated carbocycles. The molecule has 6 nitrogen and oxygen atoms in total. The summed E-state index contributed by atoms with van der Waals surface area (Å²) in [4.78, 5) is 20.1.